The van der Waals surface area contributed by atoms with Crippen LogP contribution >= 0.6 is 11.6 Å². The Kier molecular flexibility index (Phi) is 3.63. The summed E-state index contributed by atoms with van der Waals surface area (Å²) in [6.45, 7) is 0.967. The summed E-state index contributed by atoms with van der Waals surface area (Å²) in [4.78, 5) is 28.7. The molecule has 1 aliphatic carbocycles. The first kappa shape index (κ1) is 11.9. The number of nitrogens with one attached hydrogen (secondary N) is 3. The highest BCUT2D eigenvalue weighted by Gasteiger charge is 2.28. The molecular weight excluding hydrogens is 244 g/mol. The van der Waals surface area contributed by atoms with Crippen molar-refractivity contribution in [1.82, 2.24) is 15.3 Å². The molecule has 0 aromatic carbocycles. The number of rotatable bonds is 5. The van der Waals surface area contributed by atoms with Crippen LogP contribution in [0.1, 0.15) is 12.8 Å². The van der Waals surface area contributed by atoms with Gasteiger partial charge in [-0.1, -0.05) is 11.6 Å². The van der Waals surface area contributed by atoms with Crippen LogP contribution in [0.5, 0.6) is 0 Å². The van der Waals surface area contributed by atoms with Crippen LogP contribution in [0, 0.1) is 5.92 Å². The molecule has 0 spiro atoms. The number of hydrogen-bond donors (Lipinski definition) is 3. The summed E-state index contributed by atoms with van der Waals surface area (Å²) in [5.41, 5.74) is -0.383. The molecule has 1 aromatic heterocycles. The standard InChI is InChI=1S/C10H13ClN4O2/c11-7-8(14-5-15-10(7)17)12-3-4-13-9(16)6-1-2-6/h5-6H,1-4H2,(H,13,16)(H2,12,14,15,17). The summed E-state index contributed by atoms with van der Waals surface area (Å²) in [5, 5.41) is 5.71. The number of hydrogen-bond acceptors (Lipinski definition) is 4. The van der Waals surface area contributed by atoms with Gasteiger partial charge in [0, 0.05) is 19.0 Å². The minimum absolute atomic E-state index is 0.0287. The van der Waals surface area contributed by atoms with Crippen molar-refractivity contribution in [2.45, 2.75) is 12.8 Å². The molecule has 0 aliphatic heterocycles. The number of H-pyrrole nitrogens is 1. The van der Waals surface area contributed by atoms with E-state index in [1.807, 2.05) is 0 Å². The smallest absolute Gasteiger partial charge is 0.271 e. The normalized spacial score (nSPS) is 14.4. The molecule has 0 unspecified atom stereocenters. The van der Waals surface area contributed by atoms with Crippen LogP contribution in [0.2, 0.25) is 5.02 Å². The SMILES string of the molecule is O=C(NCCNc1nc[nH]c(=O)c1Cl)C1CC1. The zero-order valence-corrected chi connectivity index (χ0v) is 9.88. The first-order chi connectivity index (χ1) is 8.18. The van der Waals surface area contributed by atoms with Crippen molar-refractivity contribution < 1.29 is 4.79 Å². The van der Waals surface area contributed by atoms with E-state index >= 15 is 0 Å². The van der Waals surface area contributed by atoms with Crippen molar-refractivity contribution in [1.29, 1.82) is 0 Å². The van der Waals surface area contributed by atoms with Gasteiger partial charge < -0.3 is 15.6 Å². The number of halogens is 1. The highest BCUT2D eigenvalue weighted by molar-refractivity contribution is 6.32. The van der Waals surface area contributed by atoms with E-state index in [0.717, 1.165) is 12.8 Å². The molecule has 1 aromatic rings. The van der Waals surface area contributed by atoms with E-state index in [-0.39, 0.29) is 22.4 Å². The zero-order chi connectivity index (χ0) is 12.3. The third-order valence-corrected chi connectivity index (χ3v) is 2.81. The summed E-state index contributed by atoms with van der Waals surface area (Å²) in [6.07, 6.45) is 3.25. The molecule has 0 atom stereocenters. The molecule has 2 rings (SSSR count). The maximum Gasteiger partial charge on any atom is 0.271 e. The molecule has 0 saturated heterocycles. The van der Waals surface area contributed by atoms with Crippen LogP contribution in [0.25, 0.3) is 0 Å². The van der Waals surface area contributed by atoms with Gasteiger partial charge in [-0.15, -0.1) is 0 Å². The fourth-order valence-electron chi connectivity index (χ4n) is 1.36. The monoisotopic (exact) mass is 256 g/mol. The summed E-state index contributed by atoms with van der Waals surface area (Å²) in [6, 6.07) is 0. The lowest BCUT2D eigenvalue weighted by Crippen LogP contribution is -2.30. The molecule has 1 amide bonds. The van der Waals surface area contributed by atoms with E-state index < -0.39 is 0 Å². The van der Waals surface area contributed by atoms with Crippen LogP contribution in [-0.4, -0.2) is 29.0 Å². The summed E-state index contributed by atoms with van der Waals surface area (Å²) in [5.74, 6) is 0.629. The summed E-state index contributed by atoms with van der Waals surface area (Å²) < 4.78 is 0. The number of aromatic amines is 1. The van der Waals surface area contributed by atoms with Crippen molar-refractivity contribution in [3.8, 4) is 0 Å². The maximum absolute atomic E-state index is 11.3. The van der Waals surface area contributed by atoms with Crippen LogP contribution < -0.4 is 16.2 Å². The number of nitrogens with zero attached hydrogens (tertiary/aromatic N) is 1. The van der Waals surface area contributed by atoms with Gasteiger partial charge in [0.05, 0.1) is 6.33 Å². The van der Waals surface area contributed by atoms with Gasteiger partial charge in [0.1, 0.15) is 5.02 Å². The Balaban J connectivity index is 1.76. The van der Waals surface area contributed by atoms with E-state index in [2.05, 4.69) is 20.6 Å². The van der Waals surface area contributed by atoms with Gasteiger partial charge in [-0.05, 0) is 12.8 Å². The van der Waals surface area contributed by atoms with Gasteiger partial charge in [0.2, 0.25) is 5.91 Å². The van der Waals surface area contributed by atoms with Gasteiger partial charge >= 0.3 is 0 Å². The molecule has 7 heteroatoms. The molecule has 1 heterocycles. The van der Waals surface area contributed by atoms with E-state index in [4.69, 9.17) is 11.6 Å². The van der Waals surface area contributed by atoms with Gasteiger partial charge in [-0.2, -0.15) is 0 Å². The Hall–Kier alpha value is -1.56. The minimum atomic E-state index is -0.383. The van der Waals surface area contributed by atoms with Crippen LogP contribution in [0.4, 0.5) is 5.82 Å². The predicted molar refractivity (Wildman–Crippen MR) is 64.1 cm³/mol. The highest BCUT2D eigenvalue weighted by Crippen LogP contribution is 2.28. The molecule has 1 aliphatic rings. The zero-order valence-electron chi connectivity index (χ0n) is 9.12. The lowest BCUT2D eigenvalue weighted by atomic mass is 10.4. The van der Waals surface area contributed by atoms with Crippen molar-refractivity contribution in [3.05, 3.63) is 21.7 Å². The molecular formula is C10H13ClN4O2. The van der Waals surface area contributed by atoms with E-state index in [9.17, 15) is 9.59 Å². The molecule has 6 nitrogen and oxygen atoms in total. The number of amides is 1. The fraction of sp³-hybridized carbons (Fsp3) is 0.500. The molecule has 17 heavy (non-hydrogen) atoms. The number of anilines is 1. The third-order valence-electron chi connectivity index (χ3n) is 2.46. The van der Waals surface area contributed by atoms with E-state index in [0.29, 0.717) is 18.9 Å². The molecule has 92 valence electrons. The highest BCUT2D eigenvalue weighted by atomic mass is 35.5. The first-order valence-corrected chi connectivity index (χ1v) is 5.81. The fourth-order valence-corrected chi connectivity index (χ4v) is 1.53. The van der Waals surface area contributed by atoms with Gasteiger partial charge in [0.15, 0.2) is 5.82 Å². The number of carbonyl (C=O) groups excluding carboxylic acids is 1. The lowest BCUT2D eigenvalue weighted by molar-refractivity contribution is -0.122. The van der Waals surface area contributed by atoms with Gasteiger partial charge in [-0.25, -0.2) is 4.98 Å². The first-order valence-electron chi connectivity index (χ1n) is 5.43. The second kappa shape index (κ2) is 5.18. The minimum Gasteiger partial charge on any atom is -0.367 e. The molecule has 1 fully saturated rings. The molecule has 1 saturated carbocycles. The molecule has 3 N–H and O–H groups in total. The van der Waals surface area contributed by atoms with Gasteiger partial charge in [-0.3, -0.25) is 9.59 Å². The van der Waals surface area contributed by atoms with Gasteiger partial charge in [0.25, 0.3) is 5.56 Å². The van der Waals surface area contributed by atoms with Crippen molar-refractivity contribution >= 4 is 23.3 Å². The average molecular weight is 257 g/mol. The number of aromatic nitrogens is 2. The Labute approximate surface area is 103 Å². The Morgan fingerprint density at radius 1 is 1.53 bits per heavy atom. The van der Waals surface area contributed by atoms with Crippen molar-refractivity contribution in [3.63, 3.8) is 0 Å². The Morgan fingerprint density at radius 3 is 3.00 bits per heavy atom. The maximum atomic E-state index is 11.3. The van der Waals surface area contributed by atoms with Crippen LogP contribution in [0.15, 0.2) is 11.1 Å². The summed E-state index contributed by atoms with van der Waals surface area (Å²) in [7, 11) is 0. The Bertz CT molecular complexity index is 470. The van der Waals surface area contributed by atoms with Crippen molar-refractivity contribution in [2.24, 2.45) is 5.92 Å². The predicted octanol–water partition coefficient (Wildman–Crippen LogP) is 0.361. The largest absolute Gasteiger partial charge is 0.367 e. The lowest BCUT2D eigenvalue weighted by Gasteiger charge is -2.07. The molecule has 0 bridgehead atoms. The van der Waals surface area contributed by atoms with Crippen LogP contribution in [-0.2, 0) is 4.79 Å². The van der Waals surface area contributed by atoms with E-state index in [1.54, 1.807) is 0 Å². The van der Waals surface area contributed by atoms with Crippen molar-refractivity contribution in [2.75, 3.05) is 18.4 Å². The second-order valence-corrected chi connectivity index (χ2v) is 4.26. The second-order valence-electron chi connectivity index (χ2n) is 3.89. The van der Waals surface area contributed by atoms with E-state index in [1.165, 1.54) is 6.33 Å². The topological polar surface area (TPSA) is 86.9 Å². The third kappa shape index (κ3) is 3.20. The quantitative estimate of drug-likeness (QED) is 0.664. The number of carbonyl (C=O) groups is 1. The average Bonchev–Trinajstić information content (AvgIpc) is 3.13. The Morgan fingerprint density at radius 2 is 2.29 bits per heavy atom. The van der Waals surface area contributed by atoms with Crippen LogP contribution in [0.3, 0.4) is 0 Å². The summed E-state index contributed by atoms with van der Waals surface area (Å²) >= 11 is 5.74. The molecule has 0 radical (unpaired) electrons.